The van der Waals surface area contributed by atoms with Gasteiger partial charge in [-0.3, -0.25) is 8.96 Å². The third-order valence-corrected chi connectivity index (χ3v) is 6.61. The summed E-state index contributed by atoms with van der Waals surface area (Å²) in [6, 6.07) is 22.2. The standard InChI is InChI=1S/C22H21N3OS2/c1-17-8-7-12-20-22(17)21(16-25(20)27-19-10-3-2-4-11-19)28(26)24-15-13-18-9-5-6-14-23-18/h2-12,14,16,24H,13,15H2,1H3. The Labute approximate surface area is 171 Å². The smallest absolute Gasteiger partial charge is 0.127 e. The quantitative estimate of drug-likeness (QED) is 0.481. The van der Waals surface area contributed by atoms with Gasteiger partial charge in [-0.25, -0.2) is 8.93 Å². The van der Waals surface area contributed by atoms with Gasteiger partial charge in [-0.1, -0.05) is 36.4 Å². The lowest BCUT2D eigenvalue weighted by Gasteiger charge is -2.05. The number of fused-ring (bicyclic) bond motifs is 1. The van der Waals surface area contributed by atoms with Gasteiger partial charge in [-0.05, 0) is 54.8 Å². The highest BCUT2D eigenvalue weighted by Crippen LogP contribution is 2.32. The normalized spacial score (nSPS) is 12.3. The number of hydrogen-bond acceptors (Lipinski definition) is 3. The maximum Gasteiger partial charge on any atom is 0.127 e. The molecule has 2 aromatic carbocycles. The number of aromatic nitrogens is 2. The lowest BCUT2D eigenvalue weighted by Crippen LogP contribution is -2.20. The molecule has 0 spiro atoms. The zero-order valence-electron chi connectivity index (χ0n) is 15.5. The van der Waals surface area contributed by atoms with E-state index in [0.717, 1.165) is 38.4 Å². The second-order valence-corrected chi connectivity index (χ2v) is 8.74. The first kappa shape index (κ1) is 18.9. The third kappa shape index (κ3) is 4.19. The Kier molecular flexibility index (Phi) is 5.90. The second-order valence-electron chi connectivity index (χ2n) is 6.43. The van der Waals surface area contributed by atoms with Gasteiger partial charge in [-0.15, -0.1) is 0 Å². The van der Waals surface area contributed by atoms with E-state index in [1.807, 2.05) is 48.7 Å². The van der Waals surface area contributed by atoms with Crippen molar-refractivity contribution in [2.75, 3.05) is 6.54 Å². The predicted octanol–water partition coefficient (Wildman–Crippen LogP) is 4.76. The fraction of sp³-hybridized carbons (Fsp3) is 0.136. The Bertz CT molecular complexity index is 1090. The number of aryl methyl sites for hydroxylation is 1. The lowest BCUT2D eigenvalue weighted by molar-refractivity contribution is 0.671. The summed E-state index contributed by atoms with van der Waals surface area (Å²) in [5.41, 5.74) is 3.19. The zero-order valence-corrected chi connectivity index (χ0v) is 17.2. The SMILES string of the molecule is Cc1cccc2c1c(S(=O)NCCc1ccccn1)cn2Sc1ccccc1. The van der Waals surface area contributed by atoms with Gasteiger partial charge in [-0.2, -0.15) is 0 Å². The highest BCUT2D eigenvalue weighted by atomic mass is 32.2. The van der Waals surface area contributed by atoms with Crippen LogP contribution in [0.5, 0.6) is 0 Å². The van der Waals surface area contributed by atoms with Crippen molar-refractivity contribution in [3.05, 3.63) is 90.4 Å². The van der Waals surface area contributed by atoms with E-state index in [9.17, 15) is 4.21 Å². The van der Waals surface area contributed by atoms with Crippen LogP contribution in [0.25, 0.3) is 10.9 Å². The molecule has 4 nitrogen and oxygen atoms in total. The minimum atomic E-state index is -1.29. The number of benzene rings is 2. The molecular formula is C22H21N3OS2. The molecule has 0 aliphatic rings. The molecule has 0 radical (unpaired) electrons. The fourth-order valence-corrected chi connectivity index (χ4v) is 5.18. The summed E-state index contributed by atoms with van der Waals surface area (Å²) in [6.45, 7) is 2.67. The first-order valence-electron chi connectivity index (χ1n) is 9.11. The van der Waals surface area contributed by atoms with Crippen LogP contribution in [-0.4, -0.2) is 19.7 Å². The zero-order chi connectivity index (χ0) is 19.3. The Morgan fingerprint density at radius 2 is 1.86 bits per heavy atom. The molecule has 6 heteroatoms. The van der Waals surface area contributed by atoms with E-state index < -0.39 is 11.0 Å². The molecule has 28 heavy (non-hydrogen) atoms. The van der Waals surface area contributed by atoms with E-state index in [0.29, 0.717) is 6.54 Å². The molecule has 1 atom stereocenters. The molecule has 0 saturated heterocycles. The van der Waals surface area contributed by atoms with Crippen LogP contribution in [0, 0.1) is 6.92 Å². The largest absolute Gasteiger partial charge is 0.286 e. The van der Waals surface area contributed by atoms with Crippen LogP contribution in [0.15, 0.2) is 88.9 Å². The number of nitrogens with one attached hydrogen (secondary N) is 1. The van der Waals surface area contributed by atoms with E-state index in [1.54, 1.807) is 18.1 Å². The van der Waals surface area contributed by atoms with Crippen LogP contribution < -0.4 is 4.72 Å². The van der Waals surface area contributed by atoms with Crippen molar-refractivity contribution in [1.82, 2.24) is 13.7 Å². The molecular weight excluding hydrogens is 386 g/mol. The molecule has 0 amide bonds. The average molecular weight is 408 g/mol. The monoisotopic (exact) mass is 407 g/mol. The van der Waals surface area contributed by atoms with Crippen LogP contribution >= 0.6 is 11.9 Å². The van der Waals surface area contributed by atoms with Crippen molar-refractivity contribution in [3.8, 4) is 0 Å². The second kappa shape index (κ2) is 8.73. The number of nitrogens with zero attached hydrogens (tertiary/aromatic N) is 2. The number of pyridine rings is 1. The van der Waals surface area contributed by atoms with Gasteiger partial charge in [0.05, 0.1) is 10.4 Å². The van der Waals surface area contributed by atoms with Crippen molar-refractivity contribution in [2.45, 2.75) is 23.1 Å². The van der Waals surface area contributed by atoms with Crippen molar-refractivity contribution in [3.63, 3.8) is 0 Å². The summed E-state index contributed by atoms with van der Waals surface area (Å²) < 4.78 is 18.3. The first-order chi connectivity index (χ1) is 13.7. The average Bonchev–Trinajstić information content (AvgIpc) is 3.09. The number of rotatable bonds is 7. The molecule has 2 heterocycles. The first-order valence-corrected chi connectivity index (χ1v) is 11.0. The van der Waals surface area contributed by atoms with Gasteiger partial charge in [0.1, 0.15) is 11.0 Å². The van der Waals surface area contributed by atoms with E-state index >= 15 is 0 Å². The van der Waals surface area contributed by atoms with Gasteiger partial charge in [0.25, 0.3) is 0 Å². The van der Waals surface area contributed by atoms with Crippen LogP contribution in [0.4, 0.5) is 0 Å². The van der Waals surface area contributed by atoms with Gasteiger partial charge in [0.2, 0.25) is 0 Å². The topological polar surface area (TPSA) is 46.9 Å². The lowest BCUT2D eigenvalue weighted by atomic mass is 10.1. The molecule has 0 bridgehead atoms. The molecule has 1 N–H and O–H groups in total. The van der Waals surface area contributed by atoms with E-state index in [2.05, 4.69) is 44.9 Å². The van der Waals surface area contributed by atoms with Crippen molar-refractivity contribution < 1.29 is 4.21 Å². The van der Waals surface area contributed by atoms with Gasteiger partial charge < -0.3 is 0 Å². The van der Waals surface area contributed by atoms with Crippen molar-refractivity contribution in [1.29, 1.82) is 0 Å². The summed E-state index contributed by atoms with van der Waals surface area (Å²) in [5, 5.41) is 1.05. The highest BCUT2D eigenvalue weighted by molar-refractivity contribution is 7.98. The Balaban J connectivity index is 1.58. The van der Waals surface area contributed by atoms with E-state index in [1.165, 1.54) is 0 Å². The van der Waals surface area contributed by atoms with Crippen LogP contribution in [0.1, 0.15) is 11.3 Å². The van der Waals surface area contributed by atoms with Crippen LogP contribution in [0.2, 0.25) is 0 Å². The molecule has 0 aliphatic carbocycles. The minimum absolute atomic E-state index is 0.605. The summed E-state index contributed by atoms with van der Waals surface area (Å²) in [6.07, 6.45) is 4.51. The molecule has 0 fully saturated rings. The summed E-state index contributed by atoms with van der Waals surface area (Å²) in [7, 11) is -1.29. The summed E-state index contributed by atoms with van der Waals surface area (Å²) in [4.78, 5) is 6.27. The van der Waals surface area contributed by atoms with Gasteiger partial charge in [0, 0.05) is 41.3 Å². The van der Waals surface area contributed by atoms with Crippen LogP contribution in [-0.2, 0) is 17.4 Å². The fourth-order valence-electron chi connectivity index (χ4n) is 3.10. The van der Waals surface area contributed by atoms with E-state index in [4.69, 9.17) is 0 Å². The Morgan fingerprint density at radius 1 is 1.04 bits per heavy atom. The Morgan fingerprint density at radius 3 is 2.64 bits per heavy atom. The summed E-state index contributed by atoms with van der Waals surface area (Å²) in [5.74, 6) is 0. The number of hydrogen-bond donors (Lipinski definition) is 1. The van der Waals surface area contributed by atoms with Crippen LogP contribution in [0.3, 0.4) is 0 Å². The van der Waals surface area contributed by atoms with E-state index in [-0.39, 0.29) is 0 Å². The predicted molar refractivity (Wildman–Crippen MR) is 117 cm³/mol. The van der Waals surface area contributed by atoms with Crippen molar-refractivity contribution >= 4 is 33.8 Å². The van der Waals surface area contributed by atoms with Gasteiger partial charge >= 0.3 is 0 Å². The highest BCUT2D eigenvalue weighted by Gasteiger charge is 2.16. The molecule has 0 saturated carbocycles. The maximum absolute atomic E-state index is 13.0. The molecule has 142 valence electrons. The molecule has 0 aliphatic heterocycles. The summed E-state index contributed by atoms with van der Waals surface area (Å²) >= 11 is 1.63. The molecule has 4 aromatic rings. The van der Waals surface area contributed by atoms with Gasteiger partial charge in [0.15, 0.2) is 0 Å². The molecule has 2 aromatic heterocycles. The molecule has 1 unspecified atom stereocenters. The third-order valence-electron chi connectivity index (χ3n) is 4.46. The van der Waals surface area contributed by atoms with Crippen molar-refractivity contribution in [2.24, 2.45) is 0 Å². The Hall–Kier alpha value is -2.41. The maximum atomic E-state index is 13.0. The molecule has 4 rings (SSSR count). The minimum Gasteiger partial charge on any atom is -0.286 e.